The zero-order valence-electron chi connectivity index (χ0n) is 13.1. The van der Waals surface area contributed by atoms with Crippen molar-refractivity contribution < 1.29 is 13.4 Å². The van der Waals surface area contributed by atoms with Gasteiger partial charge in [0, 0.05) is 8.95 Å². The molecule has 0 aromatic heterocycles. The predicted molar refractivity (Wildman–Crippen MR) is 77.6 cm³/mol. The largest absolute Gasteiger partial charge is 0.494 e. The summed E-state index contributed by atoms with van der Waals surface area (Å²) < 4.78 is 36.5. The summed E-state index contributed by atoms with van der Waals surface area (Å²) in [7, 11) is -0.784. The fraction of sp³-hybridized carbons (Fsp3) is 0.500. The number of halogens is 2. The molecule has 0 N–H and O–H groups in total. The van der Waals surface area contributed by atoms with Gasteiger partial charge in [-0.05, 0) is 51.3 Å². The van der Waals surface area contributed by atoms with Crippen molar-refractivity contribution in [3.63, 3.8) is 0 Å². The van der Waals surface area contributed by atoms with Gasteiger partial charge >= 0.3 is 7.12 Å². The van der Waals surface area contributed by atoms with Crippen molar-refractivity contribution >= 4 is 44.4 Å². The summed E-state index contributed by atoms with van der Waals surface area (Å²) in [4.78, 5) is 0. The second-order valence-electron chi connectivity index (χ2n) is 5.00. The van der Waals surface area contributed by atoms with Crippen molar-refractivity contribution in [3.8, 4) is 0 Å². The van der Waals surface area contributed by atoms with Crippen LogP contribution < -0.4 is 5.46 Å². The summed E-state index contributed by atoms with van der Waals surface area (Å²) in [6.45, 7) is 7.68. The summed E-state index contributed by atoms with van der Waals surface area (Å²) in [5.41, 5.74) is -0.733. The first kappa shape index (κ1) is 10.0. The number of hydrogen-bond donors (Lipinski definition) is 0. The van der Waals surface area contributed by atoms with E-state index in [9.17, 15) is 0 Å². The molecule has 0 aliphatic carbocycles. The second-order valence-corrected chi connectivity index (χ2v) is 6.59. The highest BCUT2D eigenvalue weighted by molar-refractivity contribution is 9.11. The molecule has 1 aromatic rings. The standard InChI is InChI=1S/C12H15BBr2O2/c1-11(2)12(3,4)17-13(16-11)8-5-9(14)7-10(15)6-8/h5-7H,1-4H3/i5D,6D,7D. The third-order valence-electron chi connectivity index (χ3n) is 3.20. The summed E-state index contributed by atoms with van der Waals surface area (Å²) in [6.07, 6.45) is 0. The summed E-state index contributed by atoms with van der Waals surface area (Å²) >= 11 is 6.44. The Balaban J connectivity index is 2.57. The molecule has 1 aromatic carbocycles. The Morgan fingerprint density at radius 1 is 1.00 bits per heavy atom. The van der Waals surface area contributed by atoms with Crippen LogP contribution in [0.25, 0.3) is 0 Å². The van der Waals surface area contributed by atoms with Crippen LogP contribution in [0.15, 0.2) is 27.1 Å². The smallest absolute Gasteiger partial charge is 0.399 e. The van der Waals surface area contributed by atoms with Gasteiger partial charge in [-0.3, -0.25) is 0 Å². The topological polar surface area (TPSA) is 18.5 Å². The normalized spacial score (nSPS) is 24.4. The van der Waals surface area contributed by atoms with E-state index in [1.165, 1.54) is 0 Å². The van der Waals surface area contributed by atoms with Crippen LogP contribution in [0.5, 0.6) is 0 Å². The Morgan fingerprint density at radius 2 is 1.41 bits per heavy atom. The van der Waals surface area contributed by atoms with Crippen LogP contribution >= 0.6 is 31.9 Å². The van der Waals surface area contributed by atoms with E-state index in [1.54, 1.807) is 0 Å². The van der Waals surface area contributed by atoms with Crippen LogP contribution in [-0.4, -0.2) is 18.3 Å². The average molecular weight is 365 g/mol. The molecule has 92 valence electrons. The lowest BCUT2D eigenvalue weighted by atomic mass is 9.79. The molecule has 0 spiro atoms. The van der Waals surface area contributed by atoms with Crippen LogP contribution in [-0.2, 0) is 9.31 Å². The van der Waals surface area contributed by atoms with Crippen LogP contribution in [0.1, 0.15) is 31.8 Å². The molecule has 5 heteroatoms. The van der Waals surface area contributed by atoms with Crippen molar-refractivity contribution in [1.29, 1.82) is 0 Å². The van der Waals surface area contributed by atoms with E-state index in [-0.39, 0.29) is 18.1 Å². The molecular formula is C12H15BBr2O2. The van der Waals surface area contributed by atoms with Gasteiger partial charge in [0.1, 0.15) is 0 Å². The Bertz CT molecular complexity index is 533. The van der Waals surface area contributed by atoms with Gasteiger partial charge in [0.15, 0.2) is 0 Å². The molecule has 2 nitrogen and oxygen atoms in total. The molecule has 0 amide bonds. The highest BCUT2D eigenvalue weighted by Crippen LogP contribution is 2.36. The Kier molecular flexibility index (Phi) is 2.57. The van der Waals surface area contributed by atoms with E-state index < -0.39 is 18.3 Å². The monoisotopic (exact) mass is 363 g/mol. The molecule has 2 rings (SSSR count). The summed E-state index contributed by atoms with van der Waals surface area (Å²) in [5.74, 6) is 0. The van der Waals surface area contributed by atoms with E-state index in [4.69, 9.17) is 13.4 Å². The average Bonchev–Trinajstić information content (AvgIpc) is 2.53. The number of hydrogen-bond acceptors (Lipinski definition) is 2. The minimum Gasteiger partial charge on any atom is -0.399 e. The molecule has 0 atom stereocenters. The van der Waals surface area contributed by atoms with Crippen molar-refractivity contribution in [2.24, 2.45) is 0 Å². The van der Waals surface area contributed by atoms with Gasteiger partial charge in [0.2, 0.25) is 0 Å². The zero-order chi connectivity index (χ0) is 15.5. The lowest BCUT2D eigenvalue weighted by Gasteiger charge is -2.32. The lowest BCUT2D eigenvalue weighted by molar-refractivity contribution is 0.00578. The maximum absolute atomic E-state index is 8.13. The molecular weight excluding hydrogens is 347 g/mol. The Morgan fingerprint density at radius 3 is 1.82 bits per heavy atom. The van der Waals surface area contributed by atoms with Gasteiger partial charge in [0.25, 0.3) is 0 Å². The van der Waals surface area contributed by atoms with Crippen LogP contribution in [0.3, 0.4) is 0 Å². The van der Waals surface area contributed by atoms with Crippen LogP contribution in [0.2, 0.25) is 0 Å². The SMILES string of the molecule is [2H]c1c(Br)c([2H])c(B2OC(C)(C)C(C)(C)O2)c([2H])c1Br. The van der Waals surface area contributed by atoms with E-state index >= 15 is 0 Å². The van der Waals surface area contributed by atoms with Crippen molar-refractivity contribution in [2.45, 2.75) is 38.9 Å². The van der Waals surface area contributed by atoms with Crippen molar-refractivity contribution in [2.75, 3.05) is 0 Å². The van der Waals surface area contributed by atoms with E-state index in [2.05, 4.69) is 31.9 Å². The minimum absolute atomic E-state index is 0.0571. The quantitative estimate of drug-likeness (QED) is 0.710. The highest BCUT2D eigenvalue weighted by atomic mass is 79.9. The summed E-state index contributed by atoms with van der Waals surface area (Å²) in [6, 6.07) is 0.198. The molecule has 17 heavy (non-hydrogen) atoms. The maximum Gasteiger partial charge on any atom is 0.494 e. The lowest BCUT2D eigenvalue weighted by Crippen LogP contribution is -2.41. The molecule has 0 radical (unpaired) electrons. The van der Waals surface area contributed by atoms with Gasteiger partial charge in [0.05, 0.1) is 15.3 Å². The molecule has 0 bridgehead atoms. The molecule has 1 saturated heterocycles. The number of benzene rings is 1. The van der Waals surface area contributed by atoms with Gasteiger partial charge in [-0.1, -0.05) is 31.9 Å². The zero-order valence-corrected chi connectivity index (χ0v) is 13.3. The molecule has 1 aliphatic rings. The third-order valence-corrected chi connectivity index (χ3v) is 3.99. The summed E-state index contributed by atoms with van der Waals surface area (Å²) in [5, 5.41) is 0. The van der Waals surface area contributed by atoms with Gasteiger partial charge < -0.3 is 9.31 Å². The second kappa shape index (κ2) is 4.37. The first-order chi connectivity index (χ1) is 8.99. The van der Waals surface area contributed by atoms with Crippen LogP contribution in [0, 0.1) is 0 Å². The van der Waals surface area contributed by atoms with Gasteiger partial charge in [-0.25, -0.2) is 0 Å². The molecule has 1 heterocycles. The fourth-order valence-electron chi connectivity index (χ4n) is 1.51. The Hall–Kier alpha value is 0.165. The van der Waals surface area contributed by atoms with Crippen molar-refractivity contribution in [1.82, 2.24) is 0 Å². The first-order valence-corrected chi connectivity index (χ1v) is 6.88. The van der Waals surface area contributed by atoms with Crippen molar-refractivity contribution in [3.05, 3.63) is 27.1 Å². The molecule has 0 unspecified atom stereocenters. The highest BCUT2D eigenvalue weighted by Gasteiger charge is 2.51. The van der Waals surface area contributed by atoms with Gasteiger partial charge in [-0.2, -0.15) is 0 Å². The molecule has 1 fully saturated rings. The van der Waals surface area contributed by atoms with E-state index in [1.807, 2.05) is 27.7 Å². The molecule has 0 saturated carbocycles. The minimum atomic E-state index is -0.784. The maximum atomic E-state index is 8.13. The van der Waals surface area contributed by atoms with Crippen LogP contribution in [0.4, 0.5) is 0 Å². The van der Waals surface area contributed by atoms with E-state index in [0.717, 1.165) is 0 Å². The third kappa shape index (κ3) is 2.62. The predicted octanol–water partition coefficient (Wildman–Crippen LogP) is 3.51. The van der Waals surface area contributed by atoms with Gasteiger partial charge in [-0.15, -0.1) is 0 Å². The Labute approximate surface area is 124 Å². The number of rotatable bonds is 1. The molecule has 1 aliphatic heterocycles. The van der Waals surface area contributed by atoms with E-state index in [0.29, 0.717) is 14.4 Å². The first-order valence-electron chi connectivity index (χ1n) is 6.80. The fourth-order valence-corrected chi connectivity index (χ4v) is 2.60.